The molecule has 3 heteroatoms. The molecule has 0 heterocycles. The molecule has 2 rings (SSSR count). The molecule has 0 aromatic heterocycles. The van der Waals surface area contributed by atoms with E-state index in [-0.39, 0.29) is 0 Å². The summed E-state index contributed by atoms with van der Waals surface area (Å²) >= 11 is 11.8. The standard InChI is InChI=1S/C15H10Cl2O/c16-14-8-7-12(9-15(14)17)4-1-11-2-5-13(10-18)6-3-11/h1-10H. The first kappa shape index (κ1) is 12.9. The zero-order valence-electron chi connectivity index (χ0n) is 9.44. The molecule has 0 amide bonds. The summed E-state index contributed by atoms with van der Waals surface area (Å²) in [6, 6.07) is 12.8. The highest BCUT2D eigenvalue weighted by molar-refractivity contribution is 6.42. The van der Waals surface area contributed by atoms with Crippen LogP contribution in [0.3, 0.4) is 0 Å². The minimum Gasteiger partial charge on any atom is -0.298 e. The molecule has 0 atom stereocenters. The SMILES string of the molecule is O=Cc1ccc(C=Cc2ccc(Cl)c(Cl)c2)cc1. The fraction of sp³-hybridized carbons (Fsp3) is 0. The lowest BCUT2D eigenvalue weighted by atomic mass is 10.1. The summed E-state index contributed by atoms with van der Waals surface area (Å²) in [4.78, 5) is 10.5. The Hall–Kier alpha value is -1.57. The summed E-state index contributed by atoms with van der Waals surface area (Å²) < 4.78 is 0. The first-order valence-corrected chi connectivity index (χ1v) is 6.13. The lowest BCUT2D eigenvalue weighted by Gasteiger charge is -1.98. The molecule has 0 aliphatic heterocycles. The number of carbonyl (C=O) groups is 1. The second-order valence-corrected chi connectivity index (χ2v) is 4.61. The molecule has 0 aliphatic carbocycles. The van der Waals surface area contributed by atoms with Crippen LogP contribution in [-0.2, 0) is 0 Å². The van der Waals surface area contributed by atoms with E-state index in [1.807, 2.05) is 30.4 Å². The molecule has 2 aromatic rings. The molecule has 0 saturated carbocycles. The summed E-state index contributed by atoms with van der Waals surface area (Å²) in [5.74, 6) is 0. The zero-order chi connectivity index (χ0) is 13.0. The highest BCUT2D eigenvalue weighted by atomic mass is 35.5. The second-order valence-electron chi connectivity index (χ2n) is 3.79. The van der Waals surface area contributed by atoms with Crippen molar-refractivity contribution in [2.24, 2.45) is 0 Å². The lowest BCUT2D eigenvalue weighted by Crippen LogP contribution is -1.79. The van der Waals surface area contributed by atoms with Crippen LogP contribution in [0.5, 0.6) is 0 Å². The quantitative estimate of drug-likeness (QED) is 0.571. The van der Waals surface area contributed by atoms with Gasteiger partial charge in [0.1, 0.15) is 6.29 Å². The molecule has 0 fully saturated rings. The van der Waals surface area contributed by atoms with E-state index in [9.17, 15) is 4.79 Å². The summed E-state index contributed by atoms with van der Waals surface area (Å²) in [5, 5.41) is 1.08. The molecule has 18 heavy (non-hydrogen) atoms. The molecule has 0 spiro atoms. The lowest BCUT2D eigenvalue weighted by molar-refractivity contribution is 0.112. The third kappa shape index (κ3) is 3.22. The molecule has 90 valence electrons. The van der Waals surface area contributed by atoms with Gasteiger partial charge in [0.15, 0.2) is 0 Å². The number of rotatable bonds is 3. The van der Waals surface area contributed by atoms with E-state index < -0.39 is 0 Å². The van der Waals surface area contributed by atoms with Crippen LogP contribution in [0.25, 0.3) is 12.2 Å². The van der Waals surface area contributed by atoms with Crippen molar-refractivity contribution >= 4 is 41.6 Å². The largest absolute Gasteiger partial charge is 0.298 e. The number of aldehydes is 1. The highest BCUT2D eigenvalue weighted by Gasteiger charge is 1.96. The summed E-state index contributed by atoms with van der Waals surface area (Å²) in [7, 11) is 0. The van der Waals surface area contributed by atoms with Crippen molar-refractivity contribution in [1.82, 2.24) is 0 Å². The Bertz CT molecular complexity index is 586. The first-order valence-electron chi connectivity index (χ1n) is 5.37. The van der Waals surface area contributed by atoms with Crippen LogP contribution in [-0.4, -0.2) is 6.29 Å². The molecular formula is C15H10Cl2O. The fourth-order valence-electron chi connectivity index (χ4n) is 1.49. The van der Waals surface area contributed by atoms with E-state index in [0.717, 1.165) is 17.4 Å². The van der Waals surface area contributed by atoms with Crippen molar-refractivity contribution < 1.29 is 4.79 Å². The molecule has 0 N–H and O–H groups in total. The predicted molar refractivity (Wildman–Crippen MR) is 77.2 cm³/mol. The van der Waals surface area contributed by atoms with Gasteiger partial charge in [-0.1, -0.05) is 65.7 Å². The maximum absolute atomic E-state index is 10.5. The van der Waals surface area contributed by atoms with E-state index >= 15 is 0 Å². The Labute approximate surface area is 116 Å². The van der Waals surface area contributed by atoms with Gasteiger partial charge in [-0.15, -0.1) is 0 Å². The second kappa shape index (κ2) is 5.85. The fourth-order valence-corrected chi connectivity index (χ4v) is 1.80. The number of hydrogen-bond acceptors (Lipinski definition) is 1. The van der Waals surface area contributed by atoms with Crippen LogP contribution < -0.4 is 0 Å². The van der Waals surface area contributed by atoms with Crippen molar-refractivity contribution in [2.75, 3.05) is 0 Å². The van der Waals surface area contributed by atoms with Crippen molar-refractivity contribution in [2.45, 2.75) is 0 Å². The van der Waals surface area contributed by atoms with Gasteiger partial charge in [0.05, 0.1) is 10.0 Å². The number of hydrogen-bond donors (Lipinski definition) is 0. The van der Waals surface area contributed by atoms with Gasteiger partial charge >= 0.3 is 0 Å². The van der Waals surface area contributed by atoms with Gasteiger partial charge in [-0.05, 0) is 23.3 Å². The number of benzene rings is 2. The van der Waals surface area contributed by atoms with Crippen molar-refractivity contribution in [3.05, 3.63) is 69.2 Å². The predicted octanol–water partition coefficient (Wildman–Crippen LogP) is 4.98. The average Bonchev–Trinajstić information content (AvgIpc) is 2.41. The van der Waals surface area contributed by atoms with Crippen molar-refractivity contribution in [3.8, 4) is 0 Å². The van der Waals surface area contributed by atoms with Crippen molar-refractivity contribution in [1.29, 1.82) is 0 Å². The van der Waals surface area contributed by atoms with Crippen LogP contribution in [0.4, 0.5) is 0 Å². The van der Waals surface area contributed by atoms with Crippen LogP contribution in [0.1, 0.15) is 21.5 Å². The third-order valence-electron chi connectivity index (χ3n) is 2.48. The maximum atomic E-state index is 10.5. The molecule has 1 nitrogen and oxygen atoms in total. The highest BCUT2D eigenvalue weighted by Crippen LogP contribution is 2.23. The summed E-state index contributed by atoms with van der Waals surface area (Å²) in [6.07, 6.45) is 4.72. The Morgan fingerprint density at radius 1 is 0.722 bits per heavy atom. The molecule has 0 radical (unpaired) electrons. The Kier molecular flexibility index (Phi) is 4.19. The van der Waals surface area contributed by atoms with E-state index in [1.54, 1.807) is 24.3 Å². The Morgan fingerprint density at radius 3 is 1.89 bits per heavy atom. The molecule has 0 aliphatic rings. The van der Waals surface area contributed by atoms with E-state index in [0.29, 0.717) is 15.6 Å². The van der Waals surface area contributed by atoms with Crippen LogP contribution >= 0.6 is 23.2 Å². The van der Waals surface area contributed by atoms with Crippen LogP contribution in [0, 0.1) is 0 Å². The average molecular weight is 277 g/mol. The van der Waals surface area contributed by atoms with E-state index in [4.69, 9.17) is 23.2 Å². The Morgan fingerprint density at radius 2 is 1.28 bits per heavy atom. The first-order chi connectivity index (χ1) is 8.69. The topological polar surface area (TPSA) is 17.1 Å². The van der Waals surface area contributed by atoms with Gasteiger partial charge in [-0.2, -0.15) is 0 Å². The van der Waals surface area contributed by atoms with Gasteiger partial charge in [0.25, 0.3) is 0 Å². The van der Waals surface area contributed by atoms with Crippen LogP contribution in [0.15, 0.2) is 42.5 Å². The minimum absolute atomic E-state index is 0.537. The zero-order valence-corrected chi connectivity index (χ0v) is 10.9. The van der Waals surface area contributed by atoms with Gasteiger partial charge in [-0.3, -0.25) is 4.79 Å². The third-order valence-corrected chi connectivity index (χ3v) is 3.22. The van der Waals surface area contributed by atoms with Gasteiger partial charge < -0.3 is 0 Å². The molecule has 0 bridgehead atoms. The van der Waals surface area contributed by atoms with Gasteiger partial charge in [-0.25, -0.2) is 0 Å². The Balaban J connectivity index is 2.18. The minimum atomic E-state index is 0.537. The number of halogens is 2. The molecule has 0 saturated heterocycles. The number of carbonyl (C=O) groups excluding carboxylic acids is 1. The van der Waals surface area contributed by atoms with Gasteiger partial charge in [0.2, 0.25) is 0 Å². The van der Waals surface area contributed by atoms with Gasteiger partial charge in [0, 0.05) is 5.56 Å². The molecular weight excluding hydrogens is 267 g/mol. The summed E-state index contributed by atoms with van der Waals surface area (Å²) in [6.45, 7) is 0. The van der Waals surface area contributed by atoms with E-state index in [2.05, 4.69) is 0 Å². The smallest absolute Gasteiger partial charge is 0.150 e. The van der Waals surface area contributed by atoms with E-state index in [1.165, 1.54) is 0 Å². The molecule has 2 aromatic carbocycles. The monoisotopic (exact) mass is 276 g/mol. The van der Waals surface area contributed by atoms with Crippen molar-refractivity contribution in [3.63, 3.8) is 0 Å². The van der Waals surface area contributed by atoms with Crippen LogP contribution in [0.2, 0.25) is 10.0 Å². The normalized spacial score (nSPS) is 10.8. The molecule has 0 unspecified atom stereocenters. The maximum Gasteiger partial charge on any atom is 0.150 e. The summed E-state index contributed by atoms with van der Waals surface area (Å²) in [5.41, 5.74) is 2.66.